The molecule has 0 saturated carbocycles. The fourth-order valence-electron chi connectivity index (χ4n) is 1.73. The maximum atomic E-state index is 12.3. The fraction of sp³-hybridized carbons (Fsp3) is 0.143. The largest absolute Gasteiger partial charge is 0.399 e. The van der Waals surface area contributed by atoms with Gasteiger partial charge in [-0.1, -0.05) is 30.7 Å². The van der Waals surface area contributed by atoms with Crippen molar-refractivity contribution in [1.82, 2.24) is 0 Å². The van der Waals surface area contributed by atoms with E-state index in [1.54, 1.807) is 36.4 Å². The summed E-state index contributed by atoms with van der Waals surface area (Å²) in [4.78, 5) is 0.188. The molecule has 0 aromatic heterocycles. The van der Waals surface area contributed by atoms with Crippen LogP contribution in [0.15, 0.2) is 47.4 Å². The molecule has 4 nitrogen and oxygen atoms in total. The lowest BCUT2D eigenvalue weighted by Gasteiger charge is -2.10. The first kappa shape index (κ1) is 14.7. The molecule has 0 radical (unpaired) electrons. The molecule has 20 heavy (non-hydrogen) atoms. The van der Waals surface area contributed by atoms with Crippen LogP contribution in [0.1, 0.15) is 12.5 Å². The highest BCUT2D eigenvalue weighted by Crippen LogP contribution is 2.26. The minimum atomic E-state index is -3.67. The van der Waals surface area contributed by atoms with Gasteiger partial charge in [-0.25, -0.2) is 8.42 Å². The zero-order chi connectivity index (χ0) is 14.8. The van der Waals surface area contributed by atoms with E-state index in [4.69, 9.17) is 17.3 Å². The first-order valence-electron chi connectivity index (χ1n) is 6.09. The summed E-state index contributed by atoms with van der Waals surface area (Å²) in [5, 5.41) is 0.299. The van der Waals surface area contributed by atoms with Gasteiger partial charge in [-0.15, -0.1) is 0 Å². The molecule has 0 heterocycles. The third-order valence-corrected chi connectivity index (χ3v) is 4.59. The van der Waals surface area contributed by atoms with Crippen LogP contribution in [-0.2, 0) is 16.4 Å². The van der Waals surface area contributed by atoms with E-state index in [1.165, 1.54) is 6.07 Å². The average Bonchev–Trinajstić information content (AvgIpc) is 2.43. The maximum Gasteiger partial charge on any atom is 0.261 e. The molecule has 0 aliphatic rings. The number of halogens is 1. The smallest absolute Gasteiger partial charge is 0.261 e. The zero-order valence-corrected chi connectivity index (χ0v) is 12.5. The molecule has 0 bridgehead atoms. The molecule has 3 N–H and O–H groups in total. The van der Waals surface area contributed by atoms with E-state index in [-0.39, 0.29) is 10.6 Å². The number of hydrogen-bond donors (Lipinski definition) is 2. The summed E-state index contributed by atoms with van der Waals surface area (Å²) in [6.07, 6.45) is 0.856. The Hall–Kier alpha value is -1.72. The van der Waals surface area contributed by atoms with E-state index in [2.05, 4.69) is 4.72 Å². The molecule has 0 unspecified atom stereocenters. The molecule has 0 aliphatic heterocycles. The predicted molar refractivity (Wildman–Crippen MR) is 82.5 cm³/mol. The van der Waals surface area contributed by atoms with Gasteiger partial charge >= 0.3 is 0 Å². The summed E-state index contributed by atoms with van der Waals surface area (Å²) < 4.78 is 26.9. The molecule has 0 amide bonds. The molecule has 2 aromatic carbocycles. The number of sulfonamides is 1. The lowest BCUT2D eigenvalue weighted by atomic mass is 10.2. The van der Waals surface area contributed by atoms with Crippen molar-refractivity contribution in [3.8, 4) is 0 Å². The number of rotatable bonds is 4. The highest BCUT2D eigenvalue weighted by atomic mass is 35.5. The lowest BCUT2D eigenvalue weighted by molar-refractivity contribution is 0.601. The van der Waals surface area contributed by atoms with E-state index in [9.17, 15) is 8.42 Å². The minimum Gasteiger partial charge on any atom is -0.399 e. The van der Waals surface area contributed by atoms with Gasteiger partial charge in [0.15, 0.2) is 0 Å². The van der Waals surface area contributed by atoms with E-state index in [1.807, 2.05) is 6.92 Å². The summed E-state index contributed by atoms with van der Waals surface area (Å²) in [6, 6.07) is 11.4. The Balaban J connectivity index is 2.32. The predicted octanol–water partition coefficient (Wildman–Crippen LogP) is 3.29. The van der Waals surface area contributed by atoms with Crippen LogP contribution in [0.3, 0.4) is 0 Å². The van der Waals surface area contributed by atoms with Crippen molar-refractivity contribution in [2.45, 2.75) is 18.2 Å². The molecular weight excluding hydrogens is 296 g/mol. The van der Waals surface area contributed by atoms with Crippen LogP contribution in [0.5, 0.6) is 0 Å². The monoisotopic (exact) mass is 310 g/mol. The molecular formula is C14H15ClN2O2S. The molecule has 0 aliphatic carbocycles. The van der Waals surface area contributed by atoms with Crippen LogP contribution in [0, 0.1) is 0 Å². The Kier molecular flexibility index (Phi) is 4.20. The number of aryl methyl sites for hydroxylation is 1. The summed E-state index contributed by atoms with van der Waals surface area (Å²) in [6.45, 7) is 2.01. The third kappa shape index (κ3) is 3.23. The number of benzene rings is 2. The van der Waals surface area contributed by atoms with Crippen molar-refractivity contribution in [3.63, 3.8) is 0 Å². The molecule has 106 valence electrons. The van der Waals surface area contributed by atoms with E-state index >= 15 is 0 Å². The van der Waals surface area contributed by atoms with Crippen molar-refractivity contribution >= 4 is 33.0 Å². The number of hydrogen-bond acceptors (Lipinski definition) is 3. The minimum absolute atomic E-state index is 0.188. The SMILES string of the molecule is CCc1ccc(S(=O)(=O)Nc2cc(N)ccc2Cl)cc1. The van der Waals surface area contributed by atoms with Crippen molar-refractivity contribution in [1.29, 1.82) is 0 Å². The molecule has 0 fully saturated rings. The molecule has 0 saturated heterocycles. The van der Waals surface area contributed by atoms with Crippen LogP contribution >= 0.6 is 11.6 Å². The molecule has 2 aromatic rings. The Labute approximate surface area is 123 Å². The number of anilines is 2. The number of nitrogens with one attached hydrogen (secondary N) is 1. The third-order valence-electron chi connectivity index (χ3n) is 2.88. The number of nitrogens with two attached hydrogens (primary N) is 1. The average molecular weight is 311 g/mol. The van der Waals surface area contributed by atoms with Crippen LogP contribution in [0.4, 0.5) is 11.4 Å². The second-order valence-electron chi connectivity index (χ2n) is 4.34. The van der Waals surface area contributed by atoms with Gasteiger partial charge in [-0.2, -0.15) is 0 Å². The van der Waals surface area contributed by atoms with Crippen molar-refractivity contribution in [2.75, 3.05) is 10.5 Å². The summed E-state index contributed by atoms with van der Waals surface area (Å²) in [5.41, 5.74) is 7.41. The van der Waals surface area contributed by atoms with Crippen LogP contribution in [0.25, 0.3) is 0 Å². The van der Waals surface area contributed by atoms with E-state index in [0.29, 0.717) is 10.7 Å². The Bertz CT molecular complexity index is 712. The highest BCUT2D eigenvalue weighted by Gasteiger charge is 2.15. The quantitative estimate of drug-likeness (QED) is 0.851. The molecule has 0 atom stereocenters. The van der Waals surface area contributed by atoms with Crippen molar-refractivity contribution in [2.24, 2.45) is 0 Å². The highest BCUT2D eigenvalue weighted by molar-refractivity contribution is 7.92. The van der Waals surface area contributed by atoms with Gasteiger partial charge < -0.3 is 5.73 Å². The first-order chi connectivity index (χ1) is 9.42. The van der Waals surface area contributed by atoms with Crippen LogP contribution in [-0.4, -0.2) is 8.42 Å². The summed E-state index contributed by atoms with van der Waals surface area (Å²) in [7, 11) is -3.67. The summed E-state index contributed by atoms with van der Waals surface area (Å²) in [5.74, 6) is 0. The Morgan fingerprint density at radius 1 is 1.15 bits per heavy atom. The fourth-order valence-corrected chi connectivity index (χ4v) is 3.02. The van der Waals surface area contributed by atoms with Gasteiger partial charge in [-0.3, -0.25) is 4.72 Å². The Morgan fingerprint density at radius 3 is 2.40 bits per heavy atom. The van der Waals surface area contributed by atoms with Crippen LogP contribution in [0.2, 0.25) is 5.02 Å². The maximum absolute atomic E-state index is 12.3. The van der Waals surface area contributed by atoms with E-state index < -0.39 is 10.0 Å². The van der Waals surface area contributed by atoms with Gasteiger partial charge in [0.05, 0.1) is 15.6 Å². The first-order valence-corrected chi connectivity index (χ1v) is 7.95. The topological polar surface area (TPSA) is 72.2 Å². The summed E-state index contributed by atoms with van der Waals surface area (Å²) >= 11 is 5.95. The van der Waals surface area contributed by atoms with Gasteiger partial charge in [0.2, 0.25) is 0 Å². The lowest BCUT2D eigenvalue weighted by Crippen LogP contribution is -2.13. The zero-order valence-electron chi connectivity index (χ0n) is 10.9. The molecule has 2 rings (SSSR count). The number of nitrogen functional groups attached to an aromatic ring is 1. The Morgan fingerprint density at radius 2 is 1.80 bits per heavy atom. The van der Waals surface area contributed by atoms with Crippen molar-refractivity contribution < 1.29 is 8.42 Å². The van der Waals surface area contributed by atoms with Crippen molar-refractivity contribution in [3.05, 3.63) is 53.1 Å². The molecule has 6 heteroatoms. The van der Waals surface area contributed by atoms with Gasteiger partial charge in [-0.05, 0) is 42.3 Å². The van der Waals surface area contributed by atoms with Crippen LogP contribution < -0.4 is 10.5 Å². The standard InChI is InChI=1S/C14H15ClN2O2S/c1-2-10-3-6-12(7-4-10)20(18,19)17-14-9-11(16)5-8-13(14)15/h3-9,17H,2,16H2,1H3. The molecule has 0 spiro atoms. The second-order valence-corrected chi connectivity index (χ2v) is 6.43. The van der Waals surface area contributed by atoms with Gasteiger partial charge in [0.25, 0.3) is 10.0 Å². The van der Waals surface area contributed by atoms with E-state index in [0.717, 1.165) is 12.0 Å². The van der Waals surface area contributed by atoms with Gasteiger partial charge in [0, 0.05) is 5.69 Å². The normalized spacial score (nSPS) is 11.3. The second kappa shape index (κ2) is 5.73. The van der Waals surface area contributed by atoms with Gasteiger partial charge in [0.1, 0.15) is 0 Å².